The SMILES string of the molecule is O=C(CN1CCN(c2ccc(Br)cn2)CC1)Nc1ccccc1Br. The Morgan fingerprint density at radius 1 is 1.08 bits per heavy atom. The second-order valence-corrected chi connectivity index (χ2v) is 7.40. The molecule has 0 unspecified atom stereocenters. The second-order valence-electron chi connectivity index (χ2n) is 5.63. The summed E-state index contributed by atoms with van der Waals surface area (Å²) >= 11 is 6.84. The minimum atomic E-state index is 0.0112. The van der Waals surface area contributed by atoms with Crippen LogP contribution in [-0.4, -0.2) is 48.5 Å². The zero-order valence-corrected chi connectivity index (χ0v) is 16.3. The summed E-state index contributed by atoms with van der Waals surface area (Å²) in [7, 11) is 0. The maximum atomic E-state index is 12.2. The van der Waals surface area contributed by atoms with Gasteiger partial charge in [-0.3, -0.25) is 9.69 Å². The fourth-order valence-electron chi connectivity index (χ4n) is 2.65. The van der Waals surface area contributed by atoms with Gasteiger partial charge in [0.25, 0.3) is 0 Å². The molecule has 0 radical (unpaired) electrons. The normalized spacial score (nSPS) is 15.3. The predicted octanol–water partition coefficient (Wildman–Crippen LogP) is 3.37. The van der Waals surface area contributed by atoms with Crippen LogP contribution in [0.2, 0.25) is 0 Å². The van der Waals surface area contributed by atoms with Gasteiger partial charge in [-0.2, -0.15) is 0 Å². The van der Waals surface area contributed by atoms with Crippen LogP contribution in [0.4, 0.5) is 11.5 Å². The number of nitrogens with one attached hydrogen (secondary N) is 1. The van der Waals surface area contributed by atoms with E-state index in [-0.39, 0.29) is 5.91 Å². The first-order valence-corrected chi connectivity index (χ1v) is 9.33. The number of anilines is 2. The van der Waals surface area contributed by atoms with Gasteiger partial charge in [0.2, 0.25) is 5.91 Å². The van der Waals surface area contributed by atoms with E-state index in [0.717, 1.165) is 46.6 Å². The lowest BCUT2D eigenvalue weighted by molar-refractivity contribution is -0.117. The first-order valence-electron chi connectivity index (χ1n) is 7.75. The van der Waals surface area contributed by atoms with Gasteiger partial charge in [0, 0.05) is 41.3 Å². The molecule has 1 aliphatic rings. The zero-order chi connectivity index (χ0) is 16.9. The highest BCUT2D eigenvalue weighted by atomic mass is 79.9. The van der Waals surface area contributed by atoms with Crippen LogP contribution in [0.25, 0.3) is 0 Å². The number of para-hydroxylation sites is 1. The average Bonchev–Trinajstić information content (AvgIpc) is 2.58. The van der Waals surface area contributed by atoms with Crippen molar-refractivity contribution >= 4 is 49.3 Å². The molecule has 5 nitrogen and oxygen atoms in total. The molecule has 7 heteroatoms. The van der Waals surface area contributed by atoms with E-state index >= 15 is 0 Å². The molecule has 2 heterocycles. The first kappa shape index (κ1) is 17.4. The molecule has 2 aromatic rings. The van der Waals surface area contributed by atoms with Gasteiger partial charge in [0.1, 0.15) is 5.82 Å². The van der Waals surface area contributed by atoms with Gasteiger partial charge in [0.15, 0.2) is 0 Å². The van der Waals surface area contributed by atoms with Crippen molar-refractivity contribution in [3.05, 3.63) is 51.5 Å². The number of piperazine rings is 1. The molecule has 1 aromatic carbocycles. The van der Waals surface area contributed by atoms with E-state index in [0.29, 0.717) is 6.54 Å². The Balaban J connectivity index is 1.49. The molecule has 1 aliphatic heterocycles. The third kappa shape index (κ3) is 4.55. The quantitative estimate of drug-likeness (QED) is 0.770. The predicted molar refractivity (Wildman–Crippen MR) is 103 cm³/mol. The molecule has 1 amide bonds. The monoisotopic (exact) mass is 452 g/mol. The Hall–Kier alpha value is -1.44. The zero-order valence-electron chi connectivity index (χ0n) is 13.1. The van der Waals surface area contributed by atoms with Crippen molar-refractivity contribution < 1.29 is 4.79 Å². The van der Waals surface area contributed by atoms with Gasteiger partial charge in [0.05, 0.1) is 12.2 Å². The summed E-state index contributed by atoms with van der Waals surface area (Å²) in [6, 6.07) is 11.7. The van der Waals surface area contributed by atoms with Crippen molar-refractivity contribution in [2.75, 3.05) is 42.9 Å². The van der Waals surface area contributed by atoms with Gasteiger partial charge >= 0.3 is 0 Å². The molecule has 1 saturated heterocycles. The molecule has 0 atom stereocenters. The van der Waals surface area contributed by atoms with E-state index in [2.05, 4.69) is 52.0 Å². The number of benzene rings is 1. The molecule has 1 aromatic heterocycles. The number of carbonyl (C=O) groups is 1. The van der Waals surface area contributed by atoms with Crippen molar-refractivity contribution in [1.29, 1.82) is 0 Å². The summed E-state index contributed by atoms with van der Waals surface area (Å²) in [6.45, 7) is 3.85. The van der Waals surface area contributed by atoms with Crippen LogP contribution >= 0.6 is 31.9 Å². The van der Waals surface area contributed by atoms with Crippen molar-refractivity contribution in [2.24, 2.45) is 0 Å². The Morgan fingerprint density at radius 2 is 1.83 bits per heavy atom. The van der Waals surface area contributed by atoms with Crippen LogP contribution in [0.3, 0.4) is 0 Å². The highest BCUT2D eigenvalue weighted by Gasteiger charge is 2.20. The largest absolute Gasteiger partial charge is 0.354 e. The minimum Gasteiger partial charge on any atom is -0.354 e. The lowest BCUT2D eigenvalue weighted by Crippen LogP contribution is -2.48. The number of halogens is 2. The molecule has 126 valence electrons. The van der Waals surface area contributed by atoms with Crippen LogP contribution in [0.1, 0.15) is 0 Å². The van der Waals surface area contributed by atoms with Gasteiger partial charge in [-0.25, -0.2) is 4.98 Å². The smallest absolute Gasteiger partial charge is 0.238 e. The van der Waals surface area contributed by atoms with Crippen LogP contribution < -0.4 is 10.2 Å². The third-order valence-electron chi connectivity index (χ3n) is 3.92. The molecule has 24 heavy (non-hydrogen) atoms. The molecule has 1 fully saturated rings. The number of hydrogen-bond acceptors (Lipinski definition) is 4. The Labute approximate surface area is 158 Å². The fraction of sp³-hybridized carbons (Fsp3) is 0.294. The maximum absolute atomic E-state index is 12.2. The Kier molecular flexibility index (Phi) is 5.86. The summed E-state index contributed by atoms with van der Waals surface area (Å²) in [5.74, 6) is 0.993. The molecular formula is C17H18Br2N4O. The van der Waals surface area contributed by atoms with E-state index in [9.17, 15) is 4.79 Å². The standard InChI is InChI=1S/C17H18Br2N4O/c18-13-5-6-16(20-11-13)23-9-7-22(8-10-23)12-17(24)21-15-4-2-1-3-14(15)19/h1-6,11H,7-10,12H2,(H,21,24). The van der Waals surface area contributed by atoms with Gasteiger partial charge < -0.3 is 10.2 Å². The summed E-state index contributed by atoms with van der Waals surface area (Å²) in [4.78, 5) is 21.1. The van der Waals surface area contributed by atoms with Gasteiger partial charge in [-0.1, -0.05) is 12.1 Å². The summed E-state index contributed by atoms with van der Waals surface area (Å²) in [6.07, 6.45) is 1.81. The lowest BCUT2D eigenvalue weighted by Gasteiger charge is -2.35. The minimum absolute atomic E-state index is 0.0112. The van der Waals surface area contributed by atoms with E-state index in [4.69, 9.17) is 0 Å². The number of amides is 1. The van der Waals surface area contributed by atoms with E-state index in [1.54, 1.807) is 0 Å². The Morgan fingerprint density at radius 3 is 2.50 bits per heavy atom. The van der Waals surface area contributed by atoms with E-state index in [1.165, 1.54) is 0 Å². The molecule has 0 saturated carbocycles. The maximum Gasteiger partial charge on any atom is 0.238 e. The topological polar surface area (TPSA) is 48.5 Å². The third-order valence-corrected chi connectivity index (χ3v) is 5.08. The number of nitrogens with zero attached hydrogens (tertiary/aromatic N) is 3. The number of carbonyl (C=O) groups excluding carboxylic acids is 1. The van der Waals surface area contributed by atoms with Crippen molar-refractivity contribution in [3.8, 4) is 0 Å². The van der Waals surface area contributed by atoms with Gasteiger partial charge in [-0.15, -0.1) is 0 Å². The van der Waals surface area contributed by atoms with Crippen LogP contribution in [-0.2, 0) is 4.79 Å². The first-order chi connectivity index (χ1) is 11.6. The van der Waals surface area contributed by atoms with Crippen LogP contribution in [0.5, 0.6) is 0 Å². The van der Waals surface area contributed by atoms with Gasteiger partial charge in [-0.05, 0) is 56.1 Å². The highest BCUT2D eigenvalue weighted by Crippen LogP contribution is 2.21. The Bertz CT molecular complexity index is 700. The number of hydrogen-bond donors (Lipinski definition) is 1. The molecule has 0 bridgehead atoms. The lowest BCUT2D eigenvalue weighted by atomic mass is 10.3. The number of pyridine rings is 1. The number of aromatic nitrogens is 1. The summed E-state index contributed by atoms with van der Waals surface area (Å²) in [5.41, 5.74) is 0.806. The summed E-state index contributed by atoms with van der Waals surface area (Å²) in [5, 5.41) is 2.95. The van der Waals surface area contributed by atoms with Crippen molar-refractivity contribution in [3.63, 3.8) is 0 Å². The summed E-state index contributed by atoms with van der Waals surface area (Å²) < 4.78 is 1.87. The van der Waals surface area contributed by atoms with E-state index < -0.39 is 0 Å². The van der Waals surface area contributed by atoms with Crippen LogP contribution in [0, 0.1) is 0 Å². The average molecular weight is 454 g/mol. The second kappa shape index (κ2) is 8.09. The molecule has 1 N–H and O–H groups in total. The van der Waals surface area contributed by atoms with Crippen molar-refractivity contribution in [2.45, 2.75) is 0 Å². The fourth-order valence-corrected chi connectivity index (χ4v) is 3.26. The molecule has 0 spiro atoms. The van der Waals surface area contributed by atoms with E-state index in [1.807, 2.05) is 42.6 Å². The molecule has 3 rings (SSSR count). The molecule has 0 aliphatic carbocycles. The van der Waals surface area contributed by atoms with Crippen LogP contribution in [0.15, 0.2) is 51.5 Å². The highest BCUT2D eigenvalue weighted by molar-refractivity contribution is 9.10. The van der Waals surface area contributed by atoms with Crippen molar-refractivity contribution in [1.82, 2.24) is 9.88 Å². The number of rotatable bonds is 4. The molecular weight excluding hydrogens is 436 g/mol.